The van der Waals surface area contributed by atoms with Gasteiger partial charge >= 0.3 is 6.18 Å². The van der Waals surface area contributed by atoms with Crippen molar-refractivity contribution in [1.29, 1.82) is 0 Å². The van der Waals surface area contributed by atoms with Gasteiger partial charge in [0.15, 0.2) is 6.04 Å². The van der Waals surface area contributed by atoms with E-state index in [1.165, 1.54) is 24.4 Å². The Morgan fingerprint density at radius 3 is 2.46 bits per heavy atom. The molecule has 1 aliphatic heterocycles. The molecule has 0 spiro atoms. The van der Waals surface area contributed by atoms with Crippen molar-refractivity contribution in [2.75, 3.05) is 23.9 Å². The van der Waals surface area contributed by atoms with Crippen LogP contribution in [0, 0.1) is 11.7 Å². The van der Waals surface area contributed by atoms with Crippen LogP contribution >= 0.6 is 11.6 Å². The van der Waals surface area contributed by atoms with E-state index >= 15 is 0 Å². The number of amides is 1. The Morgan fingerprint density at radius 2 is 1.86 bits per heavy atom. The van der Waals surface area contributed by atoms with Gasteiger partial charge in [0.05, 0.1) is 34.1 Å². The second-order valence-corrected chi connectivity index (χ2v) is 11.8. The van der Waals surface area contributed by atoms with Crippen molar-refractivity contribution in [3.05, 3.63) is 58.1 Å². The SMILES string of the molecule is CN(C(=O)C1CCS(=O)(=O)CC1)[C@@H](c1ccc(NC2Cc3ccc(Cl)c(F)c3C2)cn1)C(F)(F)F. The fraction of sp³-hybridized carbons (Fsp3) is 0.478. The number of carbonyl (C=O) groups is 1. The topological polar surface area (TPSA) is 79.4 Å². The Bertz CT molecular complexity index is 1210. The van der Waals surface area contributed by atoms with Crippen molar-refractivity contribution in [2.24, 2.45) is 5.92 Å². The quantitative estimate of drug-likeness (QED) is 0.578. The average molecular weight is 534 g/mol. The van der Waals surface area contributed by atoms with Crippen molar-refractivity contribution >= 4 is 33.0 Å². The number of fused-ring (bicyclic) bond motifs is 1. The van der Waals surface area contributed by atoms with Crippen LogP contribution in [0.25, 0.3) is 0 Å². The van der Waals surface area contributed by atoms with Crippen molar-refractivity contribution in [2.45, 2.75) is 43.9 Å². The molecule has 2 aliphatic rings. The number of pyridine rings is 1. The summed E-state index contributed by atoms with van der Waals surface area (Å²) in [5, 5.41) is 3.20. The highest BCUT2D eigenvalue weighted by molar-refractivity contribution is 7.91. The van der Waals surface area contributed by atoms with Crippen LogP contribution < -0.4 is 5.32 Å². The molecular weight excluding hydrogens is 510 g/mol. The maximum absolute atomic E-state index is 14.2. The molecule has 190 valence electrons. The van der Waals surface area contributed by atoms with Gasteiger partial charge in [-0.2, -0.15) is 13.2 Å². The molecule has 0 radical (unpaired) electrons. The standard InChI is InChI=1S/C23H24ClF4N3O3S/c1-31(22(32)13-6-8-35(33,34)9-7-13)21(23(26,27)28)19-5-3-15(12-29-19)30-16-10-14-2-4-18(24)20(25)17(14)11-16/h2-5,12-13,16,21,30H,6-11H2,1H3/t16?,21-/m0/s1. The zero-order valence-corrected chi connectivity index (χ0v) is 20.4. The van der Waals surface area contributed by atoms with Gasteiger partial charge in [0, 0.05) is 19.0 Å². The minimum absolute atomic E-state index is 0.00194. The van der Waals surface area contributed by atoms with Gasteiger partial charge in [-0.25, -0.2) is 12.8 Å². The number of hydrogen-bond donors (Lipinski definition) is 1. The highest BCUT2D eigenvalue weighted by Crippen LogP contribution is 2.38. The number of hydrogen-bond acceptors (Lipinski definition) is 5. The van der Waals surface area contributed by atoms with Gasteiger partial charge in [-0.05, 0) is 55.0 Å². The minimum atomic E-state index is -4.78. The van der Waals surface area contributed by atoms with Gasteiger partial charge in [-0.3, -0.25) is 9.78 Å². The maximum Gasteiger partial charge on any atom is 0.414 e. The summed E-state index contributed by atoms with van der Waals surface area (Å²) in [5.74, 6) is -2.43. The predicted octanol–water partition coefficient (Wildman–Crippen LogP) is 4.34. The predicted molar refractivity (Wildman–Crippen MR) is 123 cm³/mol. The first-order valence-corrected chi connectivity index (χ1v) is 13.3. The molecule has 2 aromatic rings. The molecule has 1 saturated heterocycles. The summed E-state index contributed by atoms with van der Waals surface area (Å²) < 4.78 is 79.4. The van der Waals surface area contributed by atoms with Crippen LogP contribution in [0.3, 0.4) is 0 Å². The van der Waals surface area contributed by atoms with E-state index in [4.69, 9.17) is 11.6 Å². The number of alkyl halides is 3. The molecule has 6 nitrogen and oxygen atoms in total. The van der Waals surface area contributed by atoms with E-state index in [1.54, 1.807) is 6.07 Å². The van der Waals surface area contributed by atoms with E-state index in [-0.39, 0.29) is 41.1 Å². The van der Waals surface area contributed by atoms with Gasteiger partial charge in [0.25, 0.3) is 0 Å². The first-order chi connectivity index (χ1) is 16.4. The summed E-state index contributed by atoms with van der Waals surface area (Å²) in [6.45, 7) is 0. The molecule has 4 rings (SSSR count). The van der Waals surface area contributed by atoms with Crippen LogP contribution in [0.2, 0.25) is 5.02 Å². The van der Waals surface area contributed by atoms with Crippen LogP contribution in [-0.2, 0) is 27.5 Å². The van der Waals surface area contributed by atoms with Crippen LogP contribution in [0.5, 0.6) is 0 Å². The van der Waals surface area contributed by atoms with Gasteiger partial charge < -0.3 is 10.2 Å². The van der Waals surface area contributed by atoms with Crippen molar-refractivity contribution < 1.29 is 30.8 Å². The third-order valence-electron chi connectivity index (χ3n) is 6.60. The zero-order valence-electron chi connectivity index (χ0n) is 18.8. The number of rotatable bonds is 5. The monoisotopic (exact) mass is 533 g/mol. The van der Waals surface area contributed by atoms with Crippen LogP contribution in [-0.4, -0.2) is 55.0 Å². The van der Waals surface area contributed by atoms with E-state index in [0.717, 1.165) is 12.6 Å². The second-order valence-electron chi connectivity index (χ2n) is 9.04. The van der Waals surface area contributed by atoms with Gasteiger partial charge in [-0.15, -0.1) is 0 Å². The molecule has 2 atom stereocenters. The molecular formula is C23H24ClF4N3O3S. The van der Waals surface area contributed by atoms with Gasteiger partial charge in [-0.1, -0.05) is 17.7 Å². The molecule has 0 bridgehead atoms. The van der Waals surface area contributed by atoms with Crippen molar-refractivity contribution in [1.82, 2.24) is 9.88 Å². The van der Waals surface area contributed by atoms with Crippen LogP contribution in [0.1, 0.15) is 35.7 Å². The van der Waals surface area contributed by atoms with Crippen molar-refractivity contribution in [3.63, 3.8) is 0 Å². The lowest BCUT2D eigenvalue weighted by atomic mass is 9.99. The van der Waals surface area contributed by atoms with E-state index in [0.29, 0.717) is 29.0 Å². The summed E-state index contributed by atoms with van der Waals surface area (Å²) in [6, 6.07) is 3.46. The Labute approximate surface area is 205 Å². The minimum Gasteiger partial charge on any atom is -0.380 e. The maximum atomic E-state index is 14.2. The summed E-state index contributed by atoms with van der Waals surface area (Å²) in [5.41, 5.74) is 1.45. The first kappa shape index (κ1) is 25.7. The number of halogens is 5. The van der Waals surface area contributed by atoms with E-state index in [1.807, 2.05) is 0 Å². The smallest absolute Gasteiger partial charge is 0.380 e. The Kier molecular flexibility index (Phi) is 7.02. The van der Waals surface area contributed by atoms with Crippen molar-refractivity contribution in [3.8, 4) is 0 Å². The summed E-state index contributed by atoms with van der Waals surface area (Å²) in [6.07, 6.45) is -2.61. The lowest BCUT2D eigenvalue weighted by Gasteiger charge is -2.33. The normalized spacial score (nSPS) is 20.8. The molecule has 35 heavy (non-hydrogen) atoms. The Balaban J connectivity index is 1.46. The zero-order chi connectivity index (χ0) is 25.5. The molecule has 0 saturated carbocycles. The number of benzene rings is 1. The van der Waals surface area contributed by atoms with Gasteiger partial charge in [0.2, 0.25) is 5.91 Å². The number of anilines is 1. The molecule has 1 fully saturated rings. The molecule has 1 aromatic carbocycles. The Morgan fingerprint density at radius 1 is 1.17 bits per heavy atom. The van der Waals surface area contributed by atoms with E-state index in [2.05, 4.69) is 10.3 Å². The number of nitrogens with zero attached hydrogens (tertiary/aromatic N) is 2. The molecule has 1 amide bonds. The second kappa shape index (κ2) is 9.57. The van der Waals surface area contributed by atoms with Crippen LogP contribution in [0.15, 0.2) is 30.5 Å². The number of sulfone groups is 1. The summed E-state index contributed by atoms with van der Waals surface area (Å²) in [4.78, 5) is 17.4. The van der Waals surface area contributed by atoms with E-state index in [9.17, 15) is 30.8 Å². The summed E-state index contributed by atoms with van der Waals surface area (Å²) in [7, 11) is -2.19. The summed E-state index contributed by atoms with van der Waals surface area (Å²) >= 11 is 5.84. The first-order valence-electron chi connectivity index (χ1n) is 11.1. The molecule has 2 heterocycles. The molecule has 12 heteroatoms. The largest absolute Gasteiger partial charge is 0.414 e. The highest BCUT2D eigenvalue weighted by Gasteiger charge is 2.47. The lowest BCUT2D eigenvalue weighted by molar-refractivity contribution is -0.191. The molecule has 1 aliphatic carbocycles. The third kappa shape index (κ3) is 5.55. The van der Waals surface area contributed by atoms with Crippen LogP contribution in [0.4, 0.5) is 23.2 Å². The number of aromatic nitrogens is 1. The van der Waals surface area contributed by atoms with E-state index < -0.39 is 39.7 Å². The fourth-order valence-electron chi connectivity index (χ4n) is 4.76. The van der Waals surface area contributed by atoms with Gasteiger partial charge in [0.1, 0.15) is 15.7 Å². The third-order valence-corrected chi connectivity index (χ3v) is 8.60. The Hall–Kier alpha value is -2.40. The molecule has 1 unspecified atom stereocenters. The lowest BCUT2D eigenvalue weighted by Crippen LogP contribution is -2.44. The average Bonchev–Trinajstić information content (AvgIpc) is 3.19. The highest BCUT2D eigenvalue weighted by atomic mass is 35.5. The molecule has 1 N–H and O–H groups in total. The molecule has 1 aromatic heterocycles. The number of nitrogens with one attached hydrogen (secondary N) is 1. The number of carbonyl (C=O) groups excluding carboxylic acids is 1. The fourth-order valence-corrected chi connectivity index (χ4v) is 6.43.